The van der Waals surface area contributed by atoms with Gasteiger partial charge in [-0.3, -0.25) is 9.59 Å². The first-order valence-corrected chi connectivity index (χ1v) is 10.4. The number of amides is 2. The Morgan fingerprint density at radius 1 is 1.07 bits per heavy atom. The first kappa shape index (κ1) is 23.0. The van der Waals surface area contributed by atoms with Crippen molar-refractivity contribution in [1.82, 2.24) is 10.2 Å². The van der Waals surface area contributed by atoms with Crippen LogP contribution in [0.4, 0.5) is 0 Å². The molecule has 0 bridgehead atoms. The predicted octanol–water partition coefficient (Wildman–Crippen LogP) is 4.71. The van der Waals surface area contributed by atoms with Crippen molar-refractivity contribution in [3.8, 4) is 5.75 Å². The first-order valence-electron chi connectivity index (χ1n) is 9.64. The summed E-state index contributed by atoms with van der Waals surface area (Å²) in [6.45, 7) is 4.53. The van der Waals surface area contributed by atoms with E-state index in [2.05, 4.69) is 5.32 Å². The third kappa shape index (κ3) is 7.26. The van der Waals surface area contributed by atoms with Gasteiger partial charge in [-0.25, -0.2) is 0 Å². The van der Waals surface area contributed by atoms with Crippen LogP contribution in [0.2, 0.25) is 10.0 Å². The highest BCUT2D eigenvalue weighted by Crippen LogP contribution is 2.19. The summed E-state index contributed by atoms with van der Waals surface area (Å²) in [6, 6.07) is 13.5. The Morgan fingerprint density at radius 3 is 2.41 bits per heavy atom. The molecule has 0 saturated heterocycles. The third-order valence-electron chi connectivity index (χ3n) is 4.36. The molecule has 1 N–H and O–H groups in total. The van der Waals surface area contributed by atoms with Crippen LogP contribution in [0.3, 0.4) is 0 Å². The molecule has 5 nitrogen and oxygen atoms in total. The SMILES string of the molecule is CCCNC(=O)[C@@H](CC)N(Cc1ccc(Cl)cc1)C(=O)COc1cccc(Cl)c1. The molecule has 2 amide bonds. The Bertz CT molecular complexity index is 812. The topological polar surface area (TPSA) is 58.6 Å². The second kappa shape index (κ2) is 11.7. The maximum atomic E-state index is 13.0. The van der Waals surface area contributed by atoms with E-state index >= 15 is 0 Å². The molecule has 0 heterocycles. The van der Waals surface area contributed by atoms with Gasteiger partial charge >= 0.3 is 0 Å². The molecule has 29 heavy (non-hydrogen) atoms. The van der Waals surface area contributed by atoms with Crippen molar-refractivity contribution in [2.45, 2.75) is 39.3 Å². The average Bonchev–Trinajstić information content (AvgIpc) is 2.71. The molecule has 156 valence electrons. The molecule has 0 unspecified atom stereocenters. The highest BCUT2D eigenvalue weighted by molar-refractivity contribution is 6.30. The Balaban J connectivity index is 2.17. The summed E-state index contributed by atoms with van der Waals surface area (Å²) < 4.78 is 5.61. The lowest BCUT2D eigenvalue weighted by Gasteiger charge is -2.30. The lowest BCUT2D eigenvalue weighted by Crippen LogP contribution is -2.50. The maximum absolute atomic E-state index is 13.0. The molecule has 2 aromatic rings. The van der Waals surface area contributed by atoms with E-state index in [1.807, 2.05) is 26.0 Å². The highest BCUT2D eigenvalue weighted by Gasteiger charge is 2.28. The van der Waals surface area contributed by atoms with Crippen molar-refractivity contribution in [1.29, 1.82) is 0 Å². The minimum absolute atomic E-state index is 0.167. The van der Waals surface area contributed by atoms with Crippen LogP contribution >= 0.6 is 23.2 Å². The fourth-order valence-corrected chi connectivity index (χ4v) is 3.16. The average molecular weight is 437 g/mol. The Kier molecular flexibility index (Phi) is 9.29. The van der Waals surface area contributed by atoms with E-state index in [1.165, 1.54) is 0 Å². The molecule has 0 radical (unpaired) electrons. The van der Waals surface area contributed by atoms with Crippen molar-refractivity contribution in [2.24, 2.45) is 0 Å². The predicted molar refractivity (Wildman–Crippen MR) is 116 cm³/mol. The van der Waals surface area contributed by atoms with Gasteiger partial charge in [-0.05, 0) is 48.7 Å². The number of ether oxygens (including phenoxy) is 1. The van der Waals surface area contributed by atoms with Gasteiger partial charge in [0.05, 0.1) is 0 Å². The molecular formula is C22H26Cl2N2O3. The van der Waals surface area contributed by atoms with Gasteiger partial charge in [0, 0.05) is 23.1 Å². The lowest BCUT2D eigenvalue weighted by molar-refractivity contribution is -0.143. The number of rotatable bonds is 10. The van der Waals surface area contributed by atoms with Crippen molar-refractivity contribution in [3.63, 3.8) is 0 Å². The number of carbonyl (C=O) groups is 2. The van der Waals surface area contributed by atoms with E-state index in [0.29, 0.717) is 28.8 Å². The minimum Gasteiger partial charge on any atom is -0.484 e. The minimum atomic E-state index is -0.590. The lowest BCUT2D eigenvalue weighted by atomic mass is 10.1. The van der Waals surface area contributed by atoms with Crippen LogP contribution in [-0.4, -0.2) is 35.9 Å². The van der Waals surface area contributed by atoms with Gasteiger partial charge in [0.25, 0.3) is 5.91 Å². The summed E-state index contributed by atoms with van der Waals surface area (Å²) >= 11 is 11.9. The van der Waals surface area contributed by atoms with Gasteiger partial charge in [-0.1, -0.05) is 55.2 Å². The number of benzene rings is 2. The molecular weight excluding hydrogens is 411 g/mol. The quantitative estimate of drug-likeness (QED) is 0.586. The summed E-state index contributed by atoms with van der Waals surface area (Å²) in [5, 5.41) is 4.02. The van der Waals surface area contributed by atoms with Gasteiger partial charge in [0.1, 0.15) is 11.8 Å². The van der Waals surface area contributed by atoms with E-state index in [0.717, 1.165) is 12.0 Å². The molecule has 1 atom stereocenters. The zero-order valence-electron chi connectivity index (χ0n) is 16.7. The number of hydrogen-bond donors (Lipinski definition) is 1. The molecule has 0 spiro atoms. The van der Waals surface area contributed by atoms with E-state index in [4.69, 9.17) is 27.9 Å². The number of carbonyl (C=O) groups excluding carboxylic acids is 2. The summed E-state index contributed by atoms with van der Waals surface area (Å²) in [4.78, 5) is 27.2. The third-order valence-corrected chi connectivity index (χ3v) is 4.85. The molecule has 2 rings (SSSR count). The Hall–Kier alpha value is -2.24. The van der Waals surface area contributed by atoms with Crippen molar-refractivity contribution in [3.05, 3.63) is 64.1 Å². The molecule has 2 aromatic carbocycles. The molecule has 0 aliphatic heterocycles. The van der Waals surface area contributed by atoms with Crippen LogP contribution in [0, 0.1) is 0 Å². The first-order chi connectivity index (χ1) is 13.9. The normalized spacial score (nSPS) is 11.6. The molecule has 0 aliphatic carbocycles. The van der Waals surface area contributed by atoms with Gasteiger partial charge in [-0.2, -0.15) is 0 Å². The maximum Gasteiger partial charge on any atom is 0.261 e. The van der Waals surface area contributed by atoms with E-state index in [9.17, 15) is 9.59 Å². The molecule has 0 aliphatic rings. The number of nitrogens with one attached hydrogen (secondary N) is 1. The Morgan fingerprint density at radius 2 is 1.79 bits per heavy atom. The van der Waals surface area contributed by atoms with E-state index < -0.39 is 6.04 Å². The van der Waals surface area contributed by atoms with Crippen LogP contribution in [0.15, 0.2) is 48.5 Å². The van der Waals surface area contributed by atoms with Gasteiger partial charge in [0.15, 0.2) is 6.61 Å². The van der Waals surface area contributed by atoms with Crippen molar-refractivity contribution in [2.75, 3.05) is 13.2 Å². The zero-order chi connectivity index (χ0) is 21.2. The van der Waals surface area contributed by atoms with Crippen molar-refractivity contribution < 1.29 is 14.3 Å². The van der Waals surface area contributed by atoms with Crippen LogP contribution in [0.5, 0.6) is 5.75 Å². The fourth-order valence-electron chi connectivity index (χ4n) is 2.86. The van der Waals surface area contributed by atoms with Crippen LogP contribution in [-0.2, 0) is 16.1 Å². The van der Waals surface area contributed by atoms with Gasteiger partial charge in [-0.15, -0.1) is 0 Å². The number of halogens is 2. The van der Waals surface area contributed by atoms with E-state index in [-0.39, 0.29) is 25.0 Å². The summed E-state index contributed by atoms with van der Waals surface area (Å²) in [5.74, 6) is 0.0543. The highest BCUT2D eigenvalue weighted by atomic mass is 35.5. The van der Waals surface area contributed by atoms with Gasteiger partial charge in [0.2, 0.25) is 5.91 Å². The fraction of sp³-hybridized carbons (Fsp3) is 0.364. The monoisotopic (exact) mass is 436 g/mol. The Labute approximate surface area is 181 Å². The number of hydrogen-bond acceptors (Lipinski definition) is 3. The van der Waals surface area contributed by atoms with Crippen molar-refractivity contribution >= 4 is 35.0 Å². The van der Waals surface area contributed by atoms with Crippen LogP contribution < -0.4 is 10.1 Å². The summed E-state index contributed by atoms with van der Waals surface area (Å²) in [7, 11) is 0. The van der Waals surface area contributed by atoms with Crippen LogP contribution in [0.1, 0.15) is 32.3 Å². The van der Waals surface area contributed by atoms with Gasteiger partial charge < -0.3 is 15.0 Å². The number of nitrogens with zero attached hydrogens (tertiary/aromatic N) is 1. The molecule has 0 saturated carbocycles. The molecule has 7 heteroatoms. The molecule has 0 fully saturated rings. The second-order valence-corrected chi connectivity index (χ2v) is 7.48. The van der Waals surface area contributed by atoms with Crippen LogP contribution in [0.25, 0.3) is 0 Å². The van der Waals surface area contributed by atoms with E-state index in [1.54, 1.807) is 41.3 Å². The summed E-state index contributed by atoms with van der Waals surface area (Å²) in [5.41, 5.74) is 0.882. The smallest absolute Gasteiger partial charge is 0.261 e. The largest absolute Gasteiger partial charge is 0.484 e. The standard InChI is InChI=1S/C22H26Cl2N2O3/c1-3-12-25-22(28)20(4-2)26(14-16-8-10-17(23)11-9-16)21(27)15-29-19-7-5-6-18(24)13-19/h5-11,13,20H,3-4,12,14-15H2,1-2H3,(H,25,28)/t20-/m1/s1. The molecule has 0 aromatic heterocycles. The summed E-state index contributed by atoms with van der Waals surface area (Å²) in [6.07, 6.45) is 1.32. The second-order valence-electron chi connectivity index (χ2n) is 6.61. The zero-order valence-corrected chi connectivity index (χ0v) is 18.2.